The van der Waals surface area contributed by atoms with Crippen LogP contribution in [0.2, 0.25) is 5.02 Å². The molecule has 0 saturated heterocycles. The van der Waals surface area contributed by atoms with Crippen LogP contribution in [0.5, 0.6) is 5.75 Å². The fourth-order valence-corrected chi connectivity index (χ4v) is 2.56. The van der Waals surface area contributed by atoms with Crippen LogP contribution in [0.15, 0.2) is 40.9 Å². The minimum absolute atomic E-state index is 0.0518. The smallest absolute Gasteiger partial charge is 0.145 e. The maximum absolute atomic E-state index is 13.9. The third-order valence-corrected chi connectivity index (χ3v) is 3.78. The molecule has 5 heteroatoms. The van der Waals surface area contributed by atoms with Crippen molar-refractivity contribution in [1.82, 2.24) is 0 Å². The molecule has 0 bridgehead atoms. The van der Waals surface area contributed by atoms with E-state index < -0.39 is 11.9 Å². The number of benzene rings is 2. The summed E-state index contributed by atoms with van der Waals surface area (Å²) in [5.74, 6) is 0.0605. The second-order valence-electron chi connectivity index (χ2n) is 4.32. The normalized spacial score (nSPS) is 12.2. The zero-order chi connectivity index (χ0) is 14.7. The average Bonchev–Trinajstić information content (AvgIpc) is 2.43. The third kappa shape index (κ3) is 3.32. The first-order chi connectivity index (χ1) is 9.52. The lowest BCUT2D eigenvalue weighted by molar-refractivity contribution is 0.172. The Kier molecular flexibility index (Phi) is 5.02. The Bertz CT molecular complexity index is 619. The van der Waals surface area contributed by atoms with E-state index in [0.29, 0.717) is 16.9 Å². The summed E-state index contributed by atoms with van der Waals surface area (Å²) in [4.78, 5) is 0. The van der Waals surface area contributed by atoms with Crippen LogP contribution in [-0.4, -0.2) is 12.2 Å². The molecule has 1 N–H and O–H groups in total. The van der Waals surface area contributed by atoms with Gasteiger partial charge < -0.3 is 9.84 Å². The van der Waals surface area contributed by atoms with Gasteiger partial charge in [0.1, 0.15) is 11.6 Å². The zero-order valence-electron chi connectivity index (χ0n) is 10.7. The van der Waals surface area contributed by atoms with Gasteiger partial charge >= 0.3 is 0 Å². The molecular formula is C15H13BrClFO2. The van der Waals surface area contributed by atoms with E-state index >= 15 is 0 Å². The first kappa shape index (κ1) is 15.3. The number of aliphatic hydroxyl groups is 1. The molecule has 106 valence electrons. The highest BCUT2D eigenvalue weighted by atomic mass is 79.9. The lowest BCUT2D eigenvalue weighted by Crippen LogP contribution is -2.06. The molecule has 0 saturated carbocycles. The van der Waals surface area contributed by atoms with Gasteiger partial charge in [0.05, 0.1) is 18.2 Å². The maximum Gasteiger partial charge on any atom is 0.145 e. The summed E-state index contributed by atoms with van der Waals surface area (Å²) in [5, 5.41) is 10.4. The molecule has 1 atom stereocenters. The van der Waals surface area contributed by atoms with Gasteiger partial charge in [-0.25, -0.2) is 4.39 Å². The third-order valence-electron chi connectivity index (χ3n) is 3.00. The van der Waals surface area contributed by atoms with Crippen LogP contribution in [0.1, 0.15) is 17.2 Å². The molecule has 0 aliphatic heterocycles. The van der Waals surface area contributed by atoms with Gasteiger partial charge in [-0.3, -0.25) is 0 Å². The summed E-state index contributed by atoms with van der Waals surface area (Å²) >= 11 is 9.08. The standard InChI is InChI=1S/C15H13BrClFO2/c1-20-14-6-5-10(16)8-11(14)13(19)7-9-3-2-4-12(17)15(9)18/h2-6,8,13,19H,7H2,1H3. The number of hydrogen-bond donors (Lipinski definition) is 1. The van der Waals surface area contributed by atoms with E-state index in [9.17, 15) is 9.50 Å². The molecular weight excluding hydrogens is 347 g/mol. The van der Waals surface area contributed by atoms with Crippen molar-refractivity contribution in [2.24, 2.45) is 0 Å². The van der Waals surface area contributed by atoms with Gasteiger partial charge in [-0.15, -0.1) is 0 Å². The number of aliphatic hydroxyl groups excluding tert-OH is 1. The fourth-order valence-electron chi connectivity index (χ4n) is 1.99. The molecule has 0 spiro atoms. The van der Waals surface area contributed by atoms with Crippen LogP contribution >= 0.6 is 27.5 Å². The molecule has 0 fully saturated rings. The van der Waals surface area contributed by atoms with Crippen molar-refractivity contribution in [2.75, 3.05) is 7.11 Å². The zero-order valence-corrected chi connectivity index (χ0v) is 13.1. The van der Waals surface area contributed by atoms with Crippen LogP contribution in [0, 0.1) is 5.82 Å². The molecule has 0 amide bonds. The van der Waals surface area contributed by atoms with E-state index in [2.05, 4.69) is 15.9 Å². The van der Waals surface area contributed by atoms with Crippen molar-refractivity contribution < 1.29 is 14.2 Å². The van der Waals surface area contributed by atoms with Crippen molar-refractivity contribution in [1.29, 1.82) is 0 Å². The predicted molar refractivity (Wildman–Crippen MR) is 80.8 cm³/mol. The molecule has 0 aliphatic carbocycles. The van der Waals surface area contributed by atoms with Gasteiger partial charge in [-0.2, -0.15) is 0 Å². The molecule has 2 rings (SSSR count). The second kappa shape index (κ2) is 6.57. The number of hydrogen-bond acceptors (Lipinski definition) is 2. The van der Waals surface area contributed by atoms with Crippen molar-refractivity contribution >= 4 is 27.5 Å². The molecule has 0 aromatic heterocycles. The highest BCUT2D eigenvalue weighted by molar-refractivity contribution is 9.10. The number of halogens is 3. The molecule has 1 unspecified atom stereocenters. The molecule has 2 nitrogen and oxygen atoms in total. The quantitative estimate of drug-likeness (QED) is 0.869. The Hall–Kier alpha value is -1.10. The van der Waals surface area contributed by atoms with E-state index in [0.717, 1.165) is 4.47 Å². The molecule has 20 heavy (non-hydrogen) atoms. The van der Waals surface area contributed by atoms with Crippen LogP contribution in [0.3, 0.4) is 0 Å². The van der Waals surface area contributed by atoms with E-state index in [4.69, 9.17) is 16.3 Å². The van der Waals surface area contributed by atoms with Crippen molar-refractivity contribution in [2.45, 2.75) is 12.5 Å². The van der Waals surface area contributed by atoms with Crippen LogP contribution < -0.4 is 4.74 Å². The van der Waals surface area contributed by atoms with Crippen molar-refractivity contribution in [3.05, 3.63) is 62.8 Å². The van der Waals surface area contributed by atoms with Crippen LogP contribution in [0.4, 0.5) is 4.39 Å². The Labute approximate surface area is 130 Å². The Morgan fingerprint density at radius 1 is 1.35 bits per heavy atom. The van der Waals surface area contributed by atoms with Gasteiger partial charge in [-0.05, 0) is 29.8 Å². The lowest BCUT2D eigenvalue weighted by atomic mass is 10.0. The minimum atomic E-state index is -0.879. The average molecular weight is 360 g/mol. The Morgan fingerprint density at radius 2 is 2.10 bits per heavy atom. The number of methoxy groups -OCH3 is 1. The van der Waals surface area contributed by atoms with E-state index in [-0.39, 0.29) is 11.4 Å². The first-order valence-electron chi connectivity index (χ1n) is 5.97. The summed E-state index contributed by atoms with van der Waals surface area (Å²) in [6.07, 6.45) is -0.755. The second-order valence-corrected chi connectivity index (χ2v) is 5.64. The molecule has 0 aliphatic rings. The van der Waals surface area contributed by atoms with Crippen LogP contribution in [0.25, 0.3) is 0 Å². The predicted octanol–water partition coefficient (Wildman–Crippen LogP) is 4.53. The van der Waals surface area contributed by atoms with Crippen LogP contribution in [-0.2, 0) is 6.42 Å². The van der Waals surface area contributed by atoms with Crippen molar-refractivity contribution in [3.8, 4) is 5.75 Å². The molecule has 2 aromatic carbocycles. The highest BCUT2D eigenvalue weighted by Crippen LogP contribution is 2.31. The monoisotopic (exact) mass is 358 g/mol. The van der Waals surface area contributed by atoms with Gasteiger partial charge in [0.2, 0.25) is 0 Å². The SMILES string of the molecule is COc1ccc(Br)cc1C(O)Cc1cccc(Cl)c1F. The highest BCUT2D eigenvalue weighted by Gasteiger charge is 2.17. The summed E-state index contributed by atoms with van der Waals surface area (Å²) in [6.45, 7) is 0. The Balaban J connectivity index is 2.30. The fraction of sp³-hybridized carbons (Fsp3) is 0.200. The summed E-state index contributed by atoms with van der Waals surface area (Å²) in [5.41, 5.74) is 0.966. The summed E-state index contributed by atoms with van der Waals surface area (Å²) < 4.78 is 19.9. The first-order valence-corrected chi connectivity index (χ1v) is 7.14. The largest absolute Gasteiger partial charge is 0.496 e. The molecule has 2 aromatic rings. The van der Waals surface area contributed by atoms with E-state index in [1.54, 1.807) is 24.3 Å². The lowest BCUT2D eigenvalue weighted by Gasteiger charge is -2.16. The summed E-state index contributed by atoms with van der Waals surface area (Å²) in [6, 6.07) is 10.1. The number of ether oxygens (including phenoxy) is 1. The molecule has 0 heterocycles. The van der Waals surface area contributed by atoms with Gasteiger partial charge in [0, 0.05) is 16.5 Å². The molecule has 0 radical (unpaired) electrons. The number of rotatable bonds is 4. The Morgan fingerprint density at radius 3 is 2.80 bits per heavy atom. The minimum Gasteiger partial charge on any atom is -0.496 e. The topological polar surface area (TPSA) is 29.5 Å². The van der Waals surface area contributed by atoms with Crippen molar-refractivity contribution in [3.63, 3.8) is 0 Å². The van der Waals surface area contributed by atoms with Gasteiger partial charge in [-0.1, -0.05) is 39.7 Å². The maximum atomic E-state index is 13.9. The van der Waals surface area contributed by atoms with Gasteiger partial charge in [0.15, 0.2) is 0 Å². The van der Waals surface area contributed by atoms with E-state index in [1.165, 1.54) is 13.2 Å². The summed E-state index contributed by atoms with van der Waals surface area (Å²) in [7, 11) is 1.53. The van der Waals surface area contributed by atoms with Gasteiger partial charge in [0.25, 0.3) is 0 Å². The van der Waals surface area contributed by atoms with E-state index in [1.807, 2.05) is 6.07 Å².